The molecular weight excluding hydrogens is 320 g/mol. The van der Waals surface area contributed by atoms with Gasteiger partial charge in [0.1, 0.15) is 0 Å². The molecule has 0 radical (unpaired) electrons. The average Bonchev–Trinajstić information content (AvgIpc) is 3.22. The van der Waals surface area contributed by atoms with Crippen molar-refractivity contribution in [2.45, 2.75) is 32.7 Å². The topological polar surface area (TPSA) is 50.3 Å². The van der Waals surface area contributed by atoms with Crippen molar-refractivity contribution in [3.63, 3.8) is 0 Å². The minimum absolute atomic E-state index is 0.0258. The zero-order chi connectivity index (χ0) is 15.9. The van der Waals surface area contributed by atoms with Gasteiger partial charge in [0.2, 0.25) is 0 Å². The summed E-state index contributed by atoms with van der Waals surface area (Å²) in [7, 11) is 0. The first-order chi connectivity index (χ1) is 10.5. The van der Waals surface area contributed by atoms with Crippen LogP contribution in [0.25, 0.3) is 0 Å². The minimum atomic E-state index is -0.156. The van der Waals surface area contributed by atoms with Crippen LogP contribution in [0.1, 0.15) is 45.5 Å². The summed E-state index contributed by atoms with van der Waals surface area (Å²) in [6, 6.07) is 7.15. The molecule has 0 bridgehead atoms. The third kappa shape index (κ3) is 2.78. The van der Waals surface area contributed by atoms with E-state index in [9.17, 15) is 9.59 Å². The number of anilines is 1. The van der Waals surface area contributed by atoms with Gasteiger partial charge < -0.3 is 0 Å². The van der Waals surface area contributed by atoms with E-state index in [4.69, 9.17) is 11.6 Å². The van der Waals surface area contributed by atoms with Crippen molar-refractivity contribution >= 4 is 39.8 Å². The Hall–Kier alpha value is -1.72. The van der Waals surface area contributed by atoms with Gasteiger partial charge in [0.25, 0.3) is 5.91 Å². The molecule has 3 rings (SSSR count). The van der Waals surface area contributed by atoms with Gasteiger partial charge in [-0.1, -0.05) is 35.1 Å². The van der Waals surface area contributed by atoms with E-state index < -0.39 is 0 Å². The van der Waals surface area contributed by atoms with Gasteiger partial charge in [-0.15, -0.1) is 0 Å². The summed E-state index contributed by atoms with van der Waals surface area (Å²) in [4.78, 5) is 31.2. The molecular formula is C16H15ClN2O2S. The van der Waals surface area contributed by atoms with Gasteiger partial charge in [0, 0.05) is 13.0 Å². The Labute approximate surface area is 137 Å². The smallest absolute Gasteiger partial charge is 0.261 e. The van der Waals surface area contributed by atoms with Crippen LogP contribution >= 0.6 is 22.9 Å². The number of hydrogen-bond donors (Lipinski definition) is 0. The molecule has 0 atom stereocenters. The van der Waals surface area contributed by atoms with Gasteiger partial charge in [-0.3, -0.25) is 14.5 Å². The summed E-state index contributed by atoms with van der Waals surface area (Å²) in [5.41, 5.74) is 1.14. The van der Waals surface area contributed by atoms with E-state index in [2.05, 4.69) is 4.98 Å². The van der Waals surface area contributed by atoms with Crippen LogP contribution < -0.4 is 4.90 Å². The maximum Gasteiger partial charge on any atom is 0.261 e. The highest BCUT2D eigenvalue weighted by molar-refractivity contribution is 7.17. The number of carbonyl (C=O) groups is 2. The lowest BCUT2D eigenvalue weighted by atomic mass is 10.2. The molecule has 114 valence electrons. The number of rotatable bonds is 4. The Kier molecular flexibility index (Phi) is 4.02. The summed E-state index contributed by atoms with van der Waals surface area (Å²) in [5, 5.41) is 1.01. The summed E-state index contributed by atoms with van der Waals surface area (Å²) in [5.74, 6) is -0.181. The highest BCUT2D eigenvalue weighted by Crippen LogP contribution is 2.37. The fourth-order valence-corrected chi connectivity index (χ4v) is 3.57. The molecule has 0 unspecified atom stereocenters. The predicted octanol–water partition coefficient (Wildman–Crippen LogP) is 4.12. The zero-order valence-electron chi connectivity index (χ0n) is 12.3. The molecule has 1 aromatic carbocycles. The quantitative estimate of drug-likeness (QED) is 0.790. The Morgan fingerprint density at radius 3 is 2.55 bits per heavy atom. The fraction of sp³-hybridized carbons (Fsp3) is 0.312. The first-order valence-electron chi connectivity index (χ1n) is 7.05. The number of carbonyl (C=O) groups excluding carboxylic acids is 2. The van der Waals surface area contributed by atoms with Gasteiger partial charge >= 0.3 is 0 Å². The number of aromatic nitrogens is 1. The van der Waals surface area contributed by atoms with Gasteiger partial charge in [-0.05, 0) is 31.9 Å². The molecule has 2 aromatic rings. The van der Waals surface area contributed by atoms with Crippen molar-refractivity contribution < 1.29 is 9.59 Å². The second-order valence-electron chi connectivity index (χ2n) is 5.35. The first kappa shape index (κ1) is 15.2. The summed E-state index contributed by atoms with van der Waals surface area (Å²) >= 11 is 7.42. The van der Waals surface area contributed by atoms with Crippen LogP contribution in [0.15, 0.2) is 24.3 Å². The average molecular weight is 335 g/mol. The van der Waals surface area contributed by atoms with E-state index in [0.717, 1.165) is 12.8 Å². The van der Waals surface area contributed by atoms with E-state index in [1.54, 1.807) is 36.1 Å². The van der Waals surface area contributed by atoms with Gasteiger partial charge in [-0.2, -0.15) is 0 Å². The van der Waals surface area contributed by atoms with Gasteiger partial charge in [0.15, 0.2) is 10.9 Å². The monoisotopic (exact) mass is 334 g/mol. The van der Waals surface area contributed by atoms with E-state index in [-0.39, 0.29) is 17.7 Å². The van der Waals surface area contributed by atoms with Crippen LogP contribution in [0.2, 0.25) is 5.02 Å². The van der Waals surface area contributed by atoms with E-state index in [1.807, 2.05) is 0 Å². The minimum Gasteiger partial charge on any atom is -0.294 e. The number of ketones is 1. The van der Waals surface area contributed by atoms with Crippen LogP contribution in [0, 0.1) is 6.92 Å². The first-order valence-corrected chi connectivity index (χ1v) is 8.25. The number of thiazole rings is 1. The maximum atomic E-state index is 12.9. The Morgan fingerprint density at radius 1 is 1.32 bits per heavy atom. The molecule has 0 N–H and O–H groups in total. The Balaban J connectivity index is 2.00. The van der Waals surface area contributed by atoms with E-state index in [1.165, 1.54) is 18.3 Å². The van der Waals surface area contributed by atoms with Crippen molar-refractivity contribution in [1.82, 2.24) is 4.98 Å². The Bertz CT molecular complexity index is 752. The molecule has 1 amide bonds. The van der Waals surface area contributed by atoms with E-state index >= 15 is 0 Å². The second kappa shape index (κ2) is 5.82. The molecule has 1 aliphatic carbocycles. The van der Waals surface area contributed by atoms with Crippen LogP contribution in [-0.4, -0.2) is 22.7 Å². The number of halogens is 1. The van der Waals surface area contributed by atoms with Crippen molar-refractivity contribution in [2.24, 2.45) is 0 Å². The largest absolute Gasteiger partial charge is 0.294 e. The predicted molar refractivity (Wildman–Crippen MR) is 88.1 cm³/mol. The lowest BCUT2D eigenvalue weighted by Crippen LogP contribution is -2.33. The number of aryl methyl sites for hydroxylation is 1. The maximum absolute atomic E-state index is 12.9. The molecule has 1 heterocycles. The molecule has 1 aromatic heterocycles. The molecule has 1 fully saturated rings. The van der Waals surface area contributed by atoms with Crippen molar-refractivity contribution in [2.75, 3.05) is 4.90 Å². The van der Waals surface area contributed by atoms with Crippen molar-refractivity contribution in [1.29, 1.82) is 0 Å². The highest BCUT2D eigenvalue weighted by atomic mass is 35.5. The zero-order valence-corrected chi connectivity index (χ0v) is 13.9. The summed E-state index contributed by atoms with van der Waals surface area (Å²) < 4.78 is 0. The van der Waals surface area contributed by atoms with Crippen LogP contribution in [0.4, 0.5) is 5.13 Å². The number of benzene rings is 1. The summed E-state index contributed by atoms with van der Waals surface area (Å²) in [6.07, 6.45) is 1.90. The SMILES string of the molecule is CC(=O)c1sc(N(C(=O)c2ccccc2Cl)C2CC2)nc1C. The molecule has 6 heteroatoms. The lowest BCUT2D eigenvalue weighted by molar-refractivity contribution is 0.0983. The third-order valence-corrected chi connectivity index (χ3v) is 5.13. The fourth-order valence-electron chi connectivity index (χ4n) is 2.32. The molecule has 0 saturated heterocycles. The number of nitrogens with zero attached hydrogens (tertiary/aromatic N) is 2. The Morgan fingerprint density at radius 2 is 2.00 bits per heavy atom. The van der Waals surface area contributed by atoms with Gasteiger partial charge in [-0.25, -0.2) is 4.98 Å². The lowest BCUT2D eigenvalue weighted by Gasteiger charge is -2.19. The molecule has 4 nitrogen and oxygen atoms in total. The molecule has 0 spiro atoms. The molecule has 0 aliphatic heterocycles. The van der Waals surface area contributed by atoms with Crippen LogP contribution in [0.3, 0.4) is 0 Å². The standard InChI is InChI=1S/C16H15ClN2O2S/c1-9-14(10(2)20)22-16(18-9)19(11-7-8-11)15(21)12-5-3-4-6-13(12)17/h3-6,11H,7-8H2,1-2H3. The van der Waals surface area contributed by atoms with Crippen molar-refractivity contribution in [3.05, 3.63) is 45.4 Å². The van der Waals surface area contributed by atoms with E-state index in [0.29, 0.717) is 26.3 Å². The van der Waals surface area contributed by atoms with Crippen molar-refractivity contribution in [3.8, 4) is 0 Å². The van der Waals surface area contributed by atoms with Gasteiger partial charge in [0.05, 0.1) is 21.2 Å². The molecule has 1 aliphatic rings. The summed E-state index contributed by atoms with van der Waals surface area (Å²) in [6.45, 7) is 3.31. The van der Waals surface area contributed by atoms with Crippen LogP contribution in [-0.2, 0) is 0 Å². The number of amides is 1. The normalized spacial score (nSPS) is 14.0. The number of hydrogen-bond acceptors (Lipinski definition) is 4. The second-order valence-corrected chi connectivity index (χ2v) is 6.74. The number of Topliss-reactive ketones (excluding diaryl/α,β-unsaturated/α-hetero) is 1. The highest BCUT2D eigenvalue weighted by Gasteiger charge is 2.37. The van der Waals surface area contributed by atoms with Crippen LogP contribution in [0.5, 0.6) is 0 Å². The third-order valence-electron chi connectivity index (χ3n) is 3.55. The molecule has 22 heavy (non-hydrogen) atoms. The molecule has 1 saturated carbocycles.